The number of sulfonamides is 1. The Labute approximate surface area is 199 Å². The smallest absolute Gasteiger partial charge is 0.338 e. The second-order valence-corrected chi connectivity index (χ2v) is 9.24. The van der Waals surface area contributed by atoms with Crippen molar-refractivity contribution in [3.63, 3.8) is 0 Å². The van der Waals surface area contributed by atoms with Crippen LogP contribution in [0.2, 0.25) is 0 Å². The summed E-state index contributed by atoms with van der Waals surface area (Å²) in [6.07, 6.45) is 0. The van der Waals surface area contributed by atoms with Crippen LogP contribution in [0, 0.1) is 12.7 Å². The lowest BCUT2D eigenvalue weighted by atomic mass is 10.1. The molecule has 1 aliphatic heterocycles. The second-order valence-electron chi connectivity index (χ2n) is 7.59. The normalized spacial score (nSPS) is 12.7. The Morgan fingerprint density at radius 2 is 1.80 bits per heavy atom. The summed E-state index contributed by atoms with van der Waals surface area (Å²) >= 11 is 0. The van der Waals surface area contributed by atoms with Gasteiger partial charge in [0.05, 0.1) is 16.1 Å². The van der Waals surface area contributed by atoms with E-state index in [9.17, 15) is 27.2 Å². The fourth-order valence-corrected chi connectivity index (χ4v) is 4.63. The average Bonchev–Trinajstić information content (AvgIpc) is 2.83. The van der Waals surface area contributed by atoms with Crippen molar-refractivity contribution in [2.24, 2.45) is 0 Å². The van der Waals surface area contributed by atoms with Crippen LogP contribution in [0.15, 0.2) is 65.6 Å². The maximum atomic E-state index is 13.7. The molecule has 1 aliphatic rings. The van der Waals surface area contributed by atoms with E-state index in [0.717, 1.165) is 6.07 Å². The molecular formula is C24H19FN2O7S. The molecule has 0 saturated heterocycles. The molecule has 0 spiro atoms. The van der Waals surface area contributed by atoms with Crippen LogP contribution in [0.4, 0.5) is 15.8 Å². The highest BCUT2D eigenvalue weighted by atomic mass is 32.2. The minimum atomic E-state index is -4.05. The van der Waals surface area contributed by atoms with Crippen LogP contribution in [0.3, 0.4) is 0 Å². The zero-order valence-electron chi connectivity index (χ0n) is 18.3. The van der Waals surface area contributed by atoms with Crippen LogP contribution < -0.4 is 14.8 Å². The number of ether oxygens (including phenoxy) is 2. The fourth-order valence-electron chi connectivity index (χ4n) is 3.32. The van der Waals surface area contributed by atoms with Crippen molar-refractivity contribution >= 4 is 39.1 Å². The number of hydrogen-bond acceptors (Lipinski definition) is 7. The number of anilines is 2. The number of carbonyl (C=O) groups excluding carboxylic acids is 3. The lowest BCUT2D eigenvalue weighted by molar-refractivity contribution is -0.118. The van der Waals surface area contributed by atoms with Crippen LogP contribution in [0.25, 0.3) is 0 Å². The van der Waals surface area contributed by atoms with Gasteiger partial charge in [-0.1, -0.05) is 6.07 Å². The van der Waals surface area contributed by atoms with Gasteiger partial charge in [0, 0.05) is 16.8 Å². The van der Waals surface area contributed by atoms with E-state index >= 15 is 0 Å². The maximum Gasteiger partial charge on any atom is 0.338 e. The summed E-state index contributed by atoms with van der Waals surface area (Å²) in [7, 11) is -4.05. The molecule has 11 heteroatoms. The van der Waals surface area contributed by atoms with Gasteiger partial charge in [-0.15, -0.1) is 0 Å². The molecule has 0 fully saturated rings. The molecule has 4 rings (SSSR count). The first-order valence-electron chi connectivity index (χ1n) is 10.3. The summed E-state index contributed by atoms with van der Waals surface area (Å²) in [5, 5.41) is 2.59. The number of Topliss-reactive ketones (excluding diaryl/α,β-unsaturated/α-hetero) is 1. The van der Waals surface area contributed by atoms with Crippen molar-refractivity contribution in [2.45, 2.75) is 11.8 Å². The van der Waals surface area contributed by atoms with E-state index in [1.165, 1.54) is 61.5 Å². The molecule has 35 heavy (non-hydrogen) atoms. The van der Waals surface area contributed by atoms with Crippen LogP contribution in [0.5, 0.6) is 5.75 Å². The summed E-state index contributed by atoms with van der Waals surface area (Å²) in [5.74, 6) is -1.83. The van der Waals surface area contributed by atoms with E-state index in [1.807, 2.05) is 0 Å². The fraction of sp³-hybridized carbons (Fsp3) is 0.125. The second kappa shape index (κ2) is 9.55. The number of carbonyl (C=O) groups is 3. The third-order valence-corrected chi connectivity index (χ3v) is 6.67. The number of ketones is 1. The van der Waals surface area contributed by atoms with Crippen molar-refractivity contribution in [3.8, 4) is 5.75 Å². The number of halogens is 1. The Balaban J connectivity index is 1.38. The van der Waals surface area contributed by atoms with Gasteiger partial charge in [-0.25, -0.2) is 17.6 Å². The molecule has 0 aliphatic carbocycles. The van der Waals surface area contributed by atoms with Gasteiger partial charge in [0.1, 0.15) is 11.6 Å². The highest BCUT2D eigenvalue weighted by Gasteiger charge is 2.20. The van der Waals surface area contributed by atoms with Crippen molar-refractivity contribution < 1.29 is 36.7 Å². The predicted molar refractivity (Wildman–Crippen MR) is 124 cm³/mol. The van der Waals surface area contributed by atoms with E-state index in [1.54, 1.807) is 0 Å². The number of rotatable bonds is 7. The number of esters is 1. The molecule has 0 unspecified atom stereocenters. The molecule has 0 saturated carbocycles. The Bertz CT molecular complexity index is 1440. The van der Waals surface area contributed by atoms with Crippen molar-refractivity contribution in [3.05, 3.63) is 83.2 Å². The van der Waals surface area contributed by atoms with E-state index < -0.39 is 34.2 Å². The maximum absolute atomic E-state index is 13.7. The van der Waals surface area contributed by atoms with Gasteiger partial charge in [-0.05, 0) is 61.5 Å². The van der Waals surface area contributed by atoms with Crippen molar-refractivity contribution in [1.29, 1.82) is 0 Å². The van der Waals surface area contributed by atoms with Crippen LogP contribution in [-0.2, 0) is 19.6 Å². The molecule has 0 bridgehead atoms. The van der Waals surface area contributed by atoms with Gasteiger partial charge in [-0.3, -0.25) is 14.3 Å². The molecule has 0 atom stereocenters. The highest BCUT2D eigenvalue weighted by Crippen LogP contribution is 2.28. The largest absolute Gasteiger partial charge is 0.482 e. The molecule has 3 aromatic carbocycles. The third kappa shape index (κ3) is 5.30. The lowest BCUT2D eigenvalue weighted by Gasteiger charge is -2.18. The first kappa shape index (κ1) is 23.9. The van der Waals surface area contributed by atoms with E-state index in [2.05, 4.69) is 10.0 Å². The van der Waals surface area contributed by atoms with Gasteiger partial charge in [0.2, 0.25) is 0 Å². The minimum absolute atomic E-state index is 0.0151. The van der Waals surface area contributed by atoms with Gasteiger partial charge in [-0.2, -0.15) is 0 Å². The van der Waals surface area contributed by atoms with Crippen molar-refractivity contribution in [1.82, 2.24) is 0 Å². The highest BCUT2D eigenvalue weighted by molar-refractivity contribution is 7.92. The zero-order valence-corrected chi connectivity index (χ0v) is 19.1. The summed E-state index contributed by atoms with van der Waals surface area (Å²) in [6.45, 7) is 0.709. The Morgan fingerprint density at radius 3 is 2.54 bits per heavy atom. The molecule has 9 nitrogen and oxygen atoms in total. The summed E-state index contributed by atoms with van der Waals surface area (Å²) in [6, 6.07) is 13.6. The van der Waals surface area contributed by atoms with Crippen LogP contribution in [0.1, 0.15) is 26.3 Å². The minimum Gasteiger partial charge on any atom is -0.482 e. The Hall–Kier alpha value is -4.25. The standard InChI is InChI=1S/C24H19FN2O7S/c1-14-18(25)3-2-4-22(14)35(31,32)27-17-8-5-15(6-9-17)24(30)34-12-20(28)16-7-10-21-19(11-16)26-23(29)13-33-21/h2-11,27H,12-13H2,1H3,(H,26,29). The van der Waals surface area contributed by atoms with Gasteiger partial charge < -0.3 is 14.8 Å². The number of fused-ring (bicyclic) bond motifs is 1. The zero-order chi connectivity index (χ0) is 25.2. The molecule has 0 aromatic heterocycles. The van der Waals surface area contributed by atoms with Crippen LogP contribution in [-0.4, -0.2) is 39.3 Å². The summed E-state index contributed by atoms with van der Waals surface area (Å²) in [5.41, 5.74) is 0.803. The molecule has 1 amide bonds. The van der Waals surface area contributed by atoms with E-state index in [4.69, 9.17) is 9.47 Å². The van der Waals surface area contributed by atoms with Crippen molar-refractivity contribution in [2.75, 3.05) is 23.3 Å². The first-order valence-corrected chi connectivity index (χ1v) is 11.8. The lowest BCUT2D eigenvalue weighted by Crippen LogP contribution is -2.25. The predicted octanol–water partition coefficient (Wildman–Crippen LogP) is 3.31. The van der Waals surface area contributed by atoms with Crippen LogP contribution >= 0.6 is 0 Å². The number of benzene rings is 3. The molecule has 2 N–H and O–H groups in total. The summed E-state index contributed by atoms with van der Waals surface area (Å²) < 4.78 is 51.5. The molecule has 3 aromatic rings. The third-order valence-electron chi connectivity index (χ3n) is 5.15. The van der Waals surface area contributed by atoms with Gasteiger partial charge >= 0.3 is 5.97 Å². The SMILES string of the molecule is Cc1c(F)cccc1S(=O)(=O)Nc1ccc(C(=O)OCC(=O)c2ccc3c(c2)NC(=O)CO3)cc1. The number of nitrogens with one attached hydrogen (secondary N) is 2. The molecule has 180 valence electrons. The van der Waals surface area contributed by atoms with Gasteiger partial charge in [0.15, 0.2) is 19.0 Å². The Morgan fingerprint density at radius 1 is 1.09 bits per heavy atom. The van der Waals surface area contributed by atoms with E-state index in [-0.39, 0.29) is 39.8 Å². The topological polar surface area (TPSA) is 128 Å². The number of amides is 1. The molecule has 1 heterocycles. The molecule has 0 radical (unpaired) electrons. The quantitative estimate of drug-likeness (QED) is 0.378. The van der Waals surface area contributed by atoms with Gasteiger partial charge in [0.25, 0.3) is 15.9 Å². The average molecular weight is 498 g/mol. The monoisotopic (exact) mass is 498 g/mol. The first-order chi connectivity index (χ1) is 16.6. The van der Waals surface area contributed by atoms with E-state index in [0.29, 0.717) is 11.4 Å². The Kier molecular flexibility index (Phi) is 6.52. The summed E-state index contributed by atoms with van der Waals surface area (Å²) in [4.78, 5) is 36.0. The molecular weight excluding hydrogens is 479 g/mol. The number of hydrogen-bond donors (Lipinski definition) is 2.